The van der Waals surface area contributed by atoms with Crippen molar-refractivity contribution in [3.8, 4) is 5.69 Å². The van der Waals surface area contributed by atoms with Crippen LogP contribution >= 0.6 is 12.4 Å². The molecule has 0 saturated carbocycles. The fourth-order valence-corrected chi connectivity index (χ4v) is 3.17. The van der Waals surface area contributed by atoms with Gasteiger partial charge in [-0.25, -0.2) is 9.07 Å². The van der Waals surface area contributed by atoms with Crippen LogP contribution < -0.4 is 5.73 Å². The molecule has 0 radical (unpaired) electrons. The minimum absolute atomic E-state index is 0. The number of para-hydroxylation sites is 1. The van der Waals surface area contributed by atoms with Crippen molar-refractivity contribution in [2.24, 2.45) is 11.1 Å². The summed E-state index contributed by atoms with van der Waals surface area (Å²) in [4.78, 5) is 14.1. The summed E-state index contributed by atoms with van der Waals surface area (Å²) in [6.07, 6.45) is -4.49. The van der Waals surface area contributed by atoms with Gasteiger partial charge in [0.25, 0.3) is 5.91 Å². The first-order chi connectivity index (χ1) is 12.5. The average Bonchev–Trinajstić information content (AvgIpc) is 3.02. The number of aromatic nitrogens is 3. The van der Waals surface area contributed by atoms with Crippen LogP contribution in [0.15, 0.2) is 24.3 Å². The lowest BCUT2D eigenvalue weighted by atomic mass is 9.79. The molecule has 1 aromatic heterocycles. The average molecular weight is 422 g/mol. The third kappa shape index (κ3) is 3.97. The number of amides is 1. The van der Waals surface area contributed by atoms with Gasteiger partial charge in [0.15, 0.2) is 11.4 Å². The molecule has 2 aromatic rings. The first kappa shape index (κ1) is 22.1. The second kappa shape index (κ2) is 7.67. The highest BCUT2D eigenvalue weighted by atomic mass is 35.5. The summed E-state index contributed by atoms with van der Waals surface area (Å²) in [6.45, 7) is 4.10. The maximum atomic E-state index is 14.0. The highest BCUT2D eigenvalue weighted by Crippen LogP contribution is 2.35. The van der Waals surface area contributed by atoms with Gasteiger partial charge in [0.2, 0.25) is 0 Å². The molecule has 0 spiro atoms. The van der Waals surface area contributed by atoms with Crippen LogP contribution in [-0.4, -0.2) is 44.9 Å². The summed E-state index contributed by atoms with van der Waals surface area (Å²) in [5, 5.41) is 6.86. The number of carbonyl (C=O) groups excluding carboxylic acids is 1. The Bertz CT molecular complexity index is 867. The molecule has 1 saturated heterocycles. The molecule has 1 fully saturated rings. The zero-order valence-corrected chi connectivity index (χ0v) is 16.0. The topological polar surface area (TPSA) is 77.0 Å². The number of nitrogens with zero attached hydrogens (tertiary/aromatic N) is 4. The van der Waals surface area contributed by atoms with Gasteiger partial charge in [0, 0.05) is 19.1 Å². The van der Waals surface area contributed by atoms with E-state index in [2.05, 4.69) is 10.3 Å². The Morgan fingerprint density at radius 1 is 1.29 bits per heavy atom. The normalized spacial score (nSPS) is 19.2. The maximum Gasteiger partial charge on any atom is 0.435 e. The number of benzene rings is 1. The summed E-state index contributed by atoms with van der Waals surface area (Å²) in [7, 11) is 0. The number of likely N-dealkylation sites (tertiary alicyclic amines) is 1. The fourth-order valence-electron chi connectivity index (χ4n) is 3.17. The zero-order valence-electron chi connectivity index (χ0n) is 15.2. The van der Waals surface area contributed by atoms with E-state index in [9.17, 15) is 22.4 Å². The molecule has 1 aromatic carbocycles. The van der Waals surface area contributed by atoms with E-state index in [4.69, 9.17) is 5.73 Å². The Morgan fingerprint density at radius 3 is 2.50 bits per heavy atom. The van der Waals surface area contributed by atoms with Crippen LogP contribution in [-0.2, 0) is 6.18 Å². The molecule has 3 rings (SSSR count). The summed E-state index contributed by atoms with van der Waals surface area (Å²) in [6, 6.07) is 4.69. The van der Waals surface area contributed by atoms with E-state index < -0.39 is 40.4 Å². The van der Waals surface area contributed by atoms with Gasteiger partial charge >= 0.3 is 6.18 Å². The smallest absolute Gasteiger partial charge is 0.337 e. The number of halogens is 5. The van der Waals surface area contributed by atoms with E-state index in [1.54, 1.807) is 0 Å². The fraction of sp³-hybridized carbons (Fsp3) is 0.471. The Labute approximate surface area is 165 Å². The Balaban J connectivity index is 0.00000280. The van der Waals surface area contributed by atoms with Crippen LogP contribution in [0.25, 0.3) is 5.69 Å². The van der Waals surface area contributed by atoms with Gasteiger partial charge < -0.3 is 10.6 Å². The van der Waals surface area contributed by atoms with Crippen LogP contribution in [0.5, 0.6) is 0 Å². The molecule has 2 N–H and O–H groups in total. The van der Waals surface area contributed by atoms with Crippen molar-refractivity contribution in [3.63, 3.8) is 0 Å². The summed E-state index contributed by atoms with van der Waals surface area (Å²) >= 11 is 0. The van der Waals surface area contributed by atoms with E-state index in [1.807, 2.05) is 13.8 Å². The van der Waals surface area contributed by atoms with Crippen LogP contribution in [0.1, 0.15) is 36.5 Å². The lowest BCUT2D eigenvalue weighted by molar-refractivity contribution is -0.143. The van der Waals surface area contributed by atoms with Crippen molar-refractivity contribution in [2.45, 2.75) is 32.5 Å². The predicted molar refractivity (Wildman–Crippen MR) is 95.8 cm³/mol. The number of rotatable bonds is 2. The van der Waals surface area contributed by atoms with Crippen molar-refractivity contribution in [1.82, 2.24) is 19.9 Å². The minimum Gasteiger partial charge on any atom is -0.337 e. The van der Waals surface area contributed by atoms with E-state index >= 15 is 0 Å². The van der Waals surface area contributed by atoms with Gasteiger partial charge in [0.05, 0.1) is 0 Å². The van der Waals surface area contributed by atoms with Crippen LogP contribution in [0.3, 0.4) is 0 Å². The van der Waals surface area contributed by atoms with Crippen molar-refractivity contribution in [2.75, 3.05) is 13.1 Å². The molecule has 1 unspecified atom stereocenters. The molecular weight excluding hydrogens is 402 g/mol. The summed E-state index contributed by atoms with van der Waals surface area (Å²) in [5.41, 5.74) is 2.89. The SMILES string of the molecule is CC1(C)CN(C(=O)c2nnn(-c3ccccc3F)c2C(F)(F)F)CCC1N.Cl. The van der Waals surface area contributed by atoms with Gasteiger partial charge in [-0.15, -0.1) is 17.5 Å². The van der Waals surface area contributed by atoms with Gasteiger partial charge in [-0.2, -0.15) is 13.2 Å². The quantitative estimate of drug-likeness (QED) is 0.756. The van der Waals surface area contributed by atoms with Gasteiger partial charge in [-0.3, -0.25) is 4.79 Å². The Morgan fingerprint density at radius 2 is 1.93 bits per heavy atom. The van der Waals surface area contributed by atoms with Gasteiger partial charge in [0.1, 0.15) is 11.5 Å². The standard InChI is InChI=1S/C17H19F4N5O.ClH/c1-16(2)9-25(8-7-12(16)22)15(27)13-14(17(19,20)21)26(24-23-13)11-6-4-3-5-10(11)18;/h3-6,12H,7-9,22H2,1-2H3;1H. The van der Waals surface area contributed by atoms with Crippen molar-refractivity contribution in [3.05, 3.63) is 41.5 Å². The number of hydrogen-bond donors (Lipinski definition) is 1. The molecule has 0 bridgehead atoms. The molecule has 1 amide bonds. The highest BCUT2D eigenvalue weighted by molar-refractivity contribution is 5.93. The van der Waals surface area contributed by atoms with Gasteiger partial charge in [-0.1, -0.05) is 31.2 Å². The maximum absolute atomic E-state index is 14.0. The molecule has 0 aliphatic carbocycles. The zero-order chi connectivity index (χ0) is 20.0. The monoisotopic (exact) mass is 421 g/mol. The predicted octanol–water partition coefficient (Wildman–Crippen LogP) is 3.05. The first-order valence-corrected chi connectivity index (χ1v) is 8.35. The number of piperidine rings is 1. The molecule has 6 nitrogen and oxygen atoms in total. The largest absolute Gasteiger partial charge is 0.435 e. The van der Waals surface area contributed by atoms with Crippen molar-refractivity contribution in [1.29, 1.82) is 0 Å². The third-order valence-electron chi connectivity index (χ3n) is 4.82. The molecule has 1 atom stereocenters. The molecule has 11 heteroatoms. The van der Waals surface area contributed by atoms with Crippen LogP contribution in [0.2, 0.25) is 0 Å². The lowest BCUT2D eigenvalue weighted by Gasteiger charge is -2.42. The van der Waals surface area contributed by atoms with E-state index in [1.165, 1.54) is 17.0 Å². The summed E-state index contributed by atoms with van der Waals surface area (Å²) in [5.74, 6) is -1.80. The molecule has 28 heavy (non-hydrogen) atoms. The van der Waals surface area contributed by atoms with E-state index in [-0.39, 0.29) is 31.5 Å². The van der Waals surface area contributed by atoms with Gasteiger partial charge in [-0.05, 0) is 24.0 Å². The number of nitrogens with two attached hydrogens (primary N) is 1. The van der Waals surface area contributed by atoms with Crippen LogP contribution in [0, 0.1) is 11.2 Å². The van der Waals surface area contributed by atoms with E-state index in [0.717, 1.165) is 12.1 Å². The second-order valence-corrected chi connectivity index (χ2v) is 7.26. The Hall–Kier alpha value is -2.20. The van der Waals surface area contributed by atoms with Crippen molar-refractivity contribution < 1.29 is 22.4 Å². The summed E-state index contributed by atoms with van der Waals surface area (Å²) < 4.78 is 55.4. The molecule has 1 aliphatic rings. The molecule has 2 heterocycles. The number of carbonyl (C=O) groups is 1. The van der Waals surface area contributed by atoms with E-state index in [0.29, 0.717) is 11.1 Å². The second-order valence-electron chi connectivity index (χ2n) is 7.26. The van der Waals surface area contributed by atoms with Crippen LogP contribution in [0.4, 0.5) is 17.6 Å². The minimum atomic E-state index is -4.95. The number of hydrogen-bond acceptors (Lipinski definition) is 4. The Kier molecular flexibility index (Phi) is 6.05. The lowest BCUT2D eigenvalue weighted by Crippen LogP contribution is -2.54. The molecule has 1 aliphatic heterocycles. The number of alkyl halides is 3. The highest BCUT2D eigenvalue weighted by Gasteiger charge is 2.44. The van der Waals surface area contributed by atoms with Crippen molar-refractivity contribution >= 4 is 18.3 Å². The first-order valence-electron chi connectivity index (χ1n) is 8.35. The molecule has 154 valence electrons. The third-order valence-corrected chi connectivity index (χ3v) is 4.82. The molecular formula is C17H20ClF4N5O.